The van der Waals surface area contributed by atoms with Gasteiger partial charge in [0.1, 0.15) is 0 Å². The first-order valence-electron chi connectivity index (χ1n) is 4.73. The SMILES string of the molecule is CN1CCN=C1NC1(C)CCC1. The molecule has 0 atom stereocenters. The van der Waals surface area contributed by atoms with E-state index in [2.05, 4.69) is 29.2 Å². The third kappa shape index (κ3) is 1.28. The Hall–Kier alpha value is -0.730. The highest BCUT2D eigenvalue weighted by molar-refractivity contribution is 5.82. The fourth-order valence-corrected chi connectivity index (χ4v) is 1.77. The van der Waals surface area contributed by atoms with E-state index in [1.807, 2.05) is 0 Å². The second-order valence-electron chi connectivity index (χ2n) is 4.17. The quantitative estimate of drug-likeness (QED) is 0.626. The van der Waals surface area contributed by atoms with Gasteiger partial charge in [-0.3, -0.25) is 4.99 Å². The van der Waals surface area contributed by atoms with Gasteiger partial charge in [0.15, 0.2) is 5.96 Å². The van der Waals surface area contributed by atoms with Crippen LogP contribution in [0.1, 0.15) is 26.2 Å². The fourth-order valence-electron chi connectivity index (χ4n) is 1.77. The summed E-state index contributed by atoms with van der Waals surface area (Å²) in [5, 5.41) is 3.52. The zero-order valence-corrected chi connectivity index (χ0v) is 7.93. The van der Waals surface area contributed by atoms with Crippen LogP contribution in [0.2, 0.25) is 0 Å². The molecule has 1 saturated carbocycles. The Morgan fingerprint density at radius 3 is 2.67 bits per heavy atom. The number of rotatable bonds is 1. The first-order chi connectivity index (χ1) is 5.70. The zero-order chi connectivity index (χ0) is 8.60. The predicted molar refractivity (Wildman–Crippen MR) is 50.3 cm³/mol. The summed E-state index contributed by atoms with van der Waals surface area (Å²) in [6, 6.07) is 0. The minimum atomic E-state index is 0.345. The molecule has 0 aromatic rings. The van der Waals surface area contributed by atoms with Gasteiger partial charge >= 0.3 is 0 Å². The maximum absolute atomic E-state index is 4.42. The van der Waals surface area contributed by atoms with Crippen molar-refractivity contribution in [2.75, 3.05) is 20.1 Å². The Morgan fingerprint density at radius 2 is 2.25 bits per heavy atom. The van der Waals surface area contributed by atoms with E-state index in [1.54, 1.807) is 0 Å². The average Bonchev–Trinajstić information content (AvgIpc) is 2.34. The van der Waals surface area contributed by atoms with Crippen LogP contribution in [0.15, 0.2) is 4.99 Å². The van der Waals surface area contributed by atoms with Crippen LogP contribution in [-0.2, 0) is 0 Å². The summed E-state index contributed by atoms with van der Waals surface area (Å²) in [6.45, 7) is 4.30. The minimum Gasteiger partial charge on any atom is -0.351 e. The van der Waals surface area contributed by atoms with Crippen molar-refractivity contribution in [2.45, 2.75) is 31.7 Å². The van der Waals surface area contributed by atoms with E-state index in [9.17, 15) is 0 Å². The van der Waals surface area contributed by atoms with Gasteiger partial charge in [-0.15, -0.1) is 0 Å². The third-order valence-electron chi connectivity index (χ3n) is 2.93. The number of nitrogens with zero attached hydrogens (tertiary/aromatic N) is 2. The smallest absolute Gasteiger partial charge is 0.194 e. The number of hydrogen-bond acceptors (Lipinski definition) is 3. The molecule has 2 aliphatic rings. The van der Waals surface area contributed by atoms with Crippen LogP contribution in [0.3, 0.4) is 0 Å². The lowest BCUT2D eigenvalue weighted by molar-refractivity contribution is 0.237. The van der Waals surface area contributed by atoms with Gasteiger partial charge in [-0.05, 0) is 26.2 Å². The molecular weight excluding hydrogens is 150 g/mol. The van der Waals surface area contributed by atoms with E-state index < -0.39 is 0 Å². The Balaban J connectivity index is 1.93. The summed E-state index contributed by atoms with van der Waals surface area (Å²) in [5.74, 6) is 1.09. The van der Waals surface area contributed by atoms with Crippen molar-refractivity contribution in [3.05, 3.63) is 0 Å². The first-order valence-corrected chi connectivity index (χ1v) is 4.73. The van der Waals surface area contributed by atoms with Gasteiger partial charge < -0.3 is 10.2 Å². The summed E-state index contributed by atoms with van der Waals surface area (Å²) in [4.78, 5) is 6.61. The van der Waals surface area contributed by atoms with Gasteiger partial charge in [-0.25, -0.2) is 0 Å². The number of nitrogens with one attached hydrogen (secondary N) is 1. The summed E-state index contributed by atoms with van der Waals surface area (Å²) < 4.78 is 0. The highest BCUT2D eigenvalue weighted by atomic mass is 15.3. The van der Waals surface area contributed by atoms with Crippen LogP contribution >= 0.6 is 0 Å². The zero-order valence-electron chi connectivity index (χ0n) is 7.93. The van der Waals surface area contributed by atoms with Gasteiger partial charge in [0.05, 0.1) is 6.54 Å². The normalized spacial score (nSPS) is 26.5. The summed E-state index contributed by atoms with van der Waals surface area (Å²) in [7, 11) is 2.10. The Morgan fingerprint density at radius 1 is 1.50 bits per heavy atom. The largest absolute Gasteiger partial charge is 0.351 e. The third-order valence-corrected chi connectivity index (χ3v) is 2.93. The van der Waals surface area contributed by atoms with Crippen LogP contribution in [0.25, 0.3) is 0 Å². The highest BCUT2D eigenvalue weighted by Gasteiger charge is 2.33. The van der Waals surface area contributed by atoms with Crippen molar-refractivity contribution in [1.82, 2.24) is 10.2 Å². The lowest BCUT2D eigenvalue weighted by Gasteiger charge is -2.40. The standard InChI is InChI=1S/C9H17N3/c1-9(4-3-5-9)11-8-10-6-7-12(8)2/h3-7H2,1-2H3,(H,10,11). The molecule has 2 rings (SSSR count). The van der Waals surface area contributed by atoms with Crippen molar-refractivity contribution in [3.8, 4) is 0 Å². The van der Waals surface area contributed by atoms with Gasteiger partial charge in [-0.2, -0.15) is 0 Å². The molecule has 0 aromatic heterocycles. The molecule has 1 aliphatic heterocycles. The average molecular weight is 167 g/mol. The summed E-state index contributed by atoms with van der Waals surface area (Å²) >= 11 is 0. The number of guanidine groups is 1. The highest BCUT2D eigenvalue weighted by Crippen LogP contribution is 2.31. The van der Waals surface area contributed by atoms with Crippen molar-refractivity contribution in [3.63, 3.8) is 0 Å². The van der Waals surface area contributed by atoms with Crippen LogP contribution in [0.4, 0.5) is 0 Å². The molecule has 0 amide bonds. The summed E-state index contributed by atoms with van der Waals surface area (Å²) in [5.41, 5.74) is 0.345. The fraction of sp³-hybridized carbons (Fsp3) is 0.889. The maximum atomic E-state index is 4.42. The number of aliphatic imine (C=N–C) groups is 1. The number of hydrogen-bond donors (Lipinski definition) is 1. The van der Waals surface area contributed by atoms with Crippen molar-refractivity contribution in [1.29, 1.82) is 0 Å². The molecule has 1 heterocycles. The minimum absolute atomic E-state index is 0.345. The van der Waals surface area contributed by atoms with E-state index in [0.29, 0.717) is 5.54 Å². The lowest BCUT2D eigenvalue weighted by Crippen LogP contribution is -2.54. The molecule has 3 heteroatoms. The van der Waals surface area contributed by atoms with Crippen LogP contribution in [-0.4, -0.2) is 36.5 Å². The summed E-state index contributed by atoms with van der Waals surface area (Å²) in [6.07, 6.45) is 3.94. The molecule has 12 heavy (non-hydrogen) atoms. The first kappa shape index (κ1) is 7.90. The lowest BCUT2D eigenvalue weighted by atomic mass is 9.79. The van der Waals surface area contributed by atoms with Crippen molar-refractivity contribution in [2.24, 2.45) is 4.99 Å². The predicted octanol–water partition coefficient (Wildman–Crippen LogP) is 0.820. The van der Waals surface area contributed by atoms with E-state index in [4.69, 9.17) is 0 Å². The second-order valence-corrected chi connectivity index (χ2v) is 4.17. The molecule has 0 saturated heterocycles. The Kier molecular flexibility index (Phi) is 1.74. The van der Waals surface area contributed by atoms with Crippen molar-refractivity contribution < 1.29 is 0 Å². The van der Waals surface area contributed by atoms with E-state index >= 15 is 0 Å². The number of likely N-dealkylation sites (N-methyl/N-ethyl adjacent to an activating group) is 1. The van der Waals surface area contributed by atoms with Crippen molar-refractivity contribution >= 4 is 5.96 Å². The molecule has 3 nitrogen and oxygen atoms in total. The Bertz CT molecular complexity index is 206. The second kappa shape index (κ2) is 2.64. The molecule has 1 aliphatic carbocycles. The monoisotopic (exact) mass is 167 g/mol. The topological polar surface area (TPSA) is 27.6 Å². The van der Waals surface area contributed by atoms with Crippen LogP contribution < -0.4 is 5.32 Å². The van der Waals surface area contributed by atoms with Gasteiger partial charge in [0.2, 0.25) is 0 Å². The molecule has 0 radical (unpaired) electrons. The molecule has 0 aromatic carbocycles. The molecule has 0 spiro atoms. The molecule has 0 unspecified atom stereocenters. The van der Waals surface area contributed by atoms with Gasteiger partial charge in [-0.1, -0.05) is 0 Å². The van der Waals surface area contributed by atoms with Crippen LogP contribution in [0, 0.1) is 0 Å². The molecule has 0 bridgehead atoms. The van der Waals surface area contributed by atoms with E-state index in [1.165, 1.54) is 19.3 Å². The van der Waals surface area contributed by atoms with Gasteiger partial charge in [0, 0.05) is 19.1 Å². The van der Waals surface area contributed by atoms with E-state index in [-0.39, 0.29) is 0 Å². The molecule has 1 N–H and O–H groups in total. The molecule has 68 valence electrons. The van der Waals surface area contributed by atoms with Gasteiger partial charge in [0.25, 0.3) is 0 Å². The molecule has 1 fully saturated rings. The maximum Gasteiger partial charge on any atom is 0.194 e. The Labute approximate surface area is 73.9 Å². The molecular formula is C9H17N3. The van der Waals surface area contributed by atoms with E-state index in [0.717, 1.165) is 19.0 Å². The van der Waals surface area contributed by atoms with Crippen LogP contribution in [0.5, 0.6) is 0 Å².